The van der Waals surface area contributed by atoms with E-state index in [4.69, 9.17) is 13.9 Å². The Bertz CT molecular complexity index is 1320. The molecule has 0 saturated heterocycles. The van der Waals surface area contributed by atoms with Crippen molar-refractivity contribution in [1.29, 1.82) is 0 Å². The SMILES string of the molecule is CCOC(=O)[C@H]1CC[C@H](Oc2ccc([N+](=O)[O-])c(NC(=O)c3nnc(Nc4ccc(F)cc4)o3)c2F)CC1. The van der Waals surface area contributed by atoms with Crippen LogP contribution in [0, 0.1) is 27.7 Å². The van der Waals surface area contributed by atoms with E-state index in [1.54, 1.807) is 6.92 Å². The maximum Gasteiger partial charge on any atom is 0.320 e. The van der Waals surface area contributed by atoms with Crippen LogP contribution in [0.1, 0.15) is 43.3 Å². The zero-order chi connectivity index (χ0) is 27.2. The number of nitro benzene ring substituents is 1. The Morgan fingerprint density at radius 1 is 1.11 bits per heavy atom. The first kappa shape index (κ1) is 26.4. The molecule has 14 heteroatoms. The first-order chi connectivity index (χ1) is 18.2. The molecule has 1 saturated carbocycles. The summed E-state index contributed by atoms with van der Waals surface area (Å²) in [4.78, 5) is 35.2. The number of carbonyl (C=O) groups is 2. The normalized spacial score (nSPS) is 16.9. The molecule has 1 aliphatic rings. The van der Waals surface area contributed by atoms with E-state index < -0.39 is 45.8 Å². The van der Waals surface area contributed by atoms with Gasteiger partial charge in [-0.25, -0.2) is 8.78 Å². The number of esters is 1. The Balaban J connectivity index is 1.46. The van der Waals surface area contributed by atoms with Gasteiger partial charge in [0.1, 0.15) is 5.82 Å². The molecule has 0 bridgehead atoms. The molecule has 0 spiro atoms. The minimum absolute atomic E-state index is 0.216. The van der Waals surface area contributed by atoms with E-state index in [0.29, 0.717) is 31.4 Å². The van der Waals surface area contributed by atoms with Gasteiger partial charge < -0.3 is 24.5 Å². The summed E-state index contributed by atoms with van der Waals surface area (Å²) in [5.74, 6) is -4.15. The fraction of sp³-hybridized carbons (Fsp3) is 0.333. The van der Waals surface area contributed by atoms with E-state index in [-0.39, 0.29) is 30.3 Å². The van der Waals surface area contributed by atoms with Crippen LogP contribution in [0.5, 0.6) is 5.75 Å². The molecule has 2 N–H and O–H groups in total. The van der Waals surface area contributed by atoms with Gasteiger partial charge in [-0.3, -0.25) is 19.7 Å². The van der Waals surface area contributed by atoms with Crippen molar-refractivity contribution in [3.63, 3.8) is 0 Å². The zero-order valence-corrected chi connectivity index (χ0v) is 20.1. The minimum Gasteiger partial charge on any atom is -0.487 e. The Hall–Kier alpha value is -4.62. The molecule has 1 fully saturated rings. The van der Waals surface area contributed by atoms with Gasteiger partial charge in [0.05, 0.1) is 23.6 Å². The van der Waals surface area contributed by atoms with Crippen LogP contribution < -0.4 is 15.4 Å². The van der Waals surface area contributed by atoms with Crippen molar-refractivity contribution in [2.75, 3.05) is 17.2 Å². The van der Waals surface area contributed by atoms with Crippen LogP contribution in [-0.4, -0.2) is 39.7 Å². The molecule has 1 amide bonds. The van der Waals surface area contributed by atoms with Crippen LogP contribution in [0.3, 0.4) is 0 Å². The summed E-state index contributed by atoms with van der Waals surface area (Å²) in [5, 5.41) is 23.4. The van der Waals surface area contributed by atoms with Crippen LogP contribution in [-0.2, 0) is 9.53 Å². The van der Waals surface area contributed by atoms with Crippen LogP contribution in [0.15, 0.2) is 40.8 Å². The molecule has 0 radical (unpaired) electrons. The summed E-state index contributed by atoms with van der Waals surface area (Å²) >= 11 is 0. The van der Waals surface area contributed by atoms with E-state index in [1.165, 1.54) is 24.3 Å². The number of halogens is 2. The Labute approximate surface area is 214 Å². The summed E-state index contributed by atoms with van der Waals surface area (Å²) in [5.41, 5.74) is -1.05. The van der Waals surface area contributed by atoms with Gasteiger partial charge in [-0.05, 0) is 62.9 Å². The lowest BCUT2D eigenvalue weighted by Crippen LogP contribution is -2.29. The van der Waals surface area contributed by atoms with E-state index >= 15 is 4.39 Å². The highest BCUT2D eigenvalue weighted by molar-refractivity contribution is 6.02. The van der Waals surface area contributed by atoms with Crippen LogP contribution in [0.4, 0.5) is 31.9 Å². The van der Waals surface area contributed by atoms with Gasteiger partial charge in [-0.15, -0.1) is 5.10 Å². The number of rotatable bonds is 9. The fourth-order valence-corrected chi connectivity index (χ4v) is 3.95. The number of hydrogen-bond donors (Lipinski definition) is 2. The molecule has 1 aromatic heterocycles. The highest BCUT2D eigenvalue weighted by atomic mass is 19.1. The van der Waals surface area contributed by atoms with Gasteiger partial charge in [0, 0.05) is 11.8 Å². The third kappa shape index (κ3) is 6.19. The van der Waals surface area contributed by atoms with Crippen molar-refractivity contribution < 1.29 is 37.2 Å². The van der Waals surface area contributed by atoms with Crippen molar-refractivity contribution in [1.82, 2.24) is 10.2 Å². The quantitative estimate of drug-likeness (QED) is 0.224. The number of carbonyl (C=O) groups excluding carboxylic acids is 2. The number of anilines is 3. The predicted molar refractivity (Wildman–Crippen MR) is 128 cm³/mol. The molecule has 1 aliphatic carbocycles. The van der Waals surface area contributed by atoms with Gasteiger partial charge in [-0.2, -0.15) is 0 Å². The molecule has 12 nitrogen and oxygen atoms in total. The van der Waals surface area contributed by atoms with Gasteiger partial charge in [0.2, 0.25) is 0 Å². The van der Waals surface area contributed by atoms with Gasteiger partial charge in [0.15, 0.2) is 17.3 Å². The van der Waals surface area contributed by atoms with E-state index in [2.05, 4.69) is 20.8 Å². The van der Waals surface area contributed by atoms with Crippen molar-refractivity contribution in [2.24, 2.45) is 5.92 Å². The minimum atomic E-state index is -1.15. The number of ether oxygens (including phenoxy) is 2. The van der Waals surface area contributed by atoms with E-state index in [9.17, 15) is 24.1 Å². The molecular weight excluding hydrogens is 508 g/mol. The topological polar surface area (TPSA) is 159 Å². The fourth-order valence-electron chi connectivity index (χ4n) is 3.95. The molecule has 1 heterocycles. The summed E-state index contributed by atoms with van der Waals surface area (Å²) in [7, 11) is 0. The van der Waals surface area contributed by atoms with E-state index in [1.807, 2.05) is 0 Å². The Kier molecular flexibility index (Phi) is 8.09. The molecular formula is C24H23F2N5O7. The number of nitrogens with zero attached hydrogens (tertiary/aromatic N) is 3. The molecule has 4 rings (SSSR count). The van der Waals surface area contributed by atoms with Crippen molar-refractivity contribution in [3.05, 3.63) is 64.0 Å². The monoisotopic (exact) mass is 531 g/mol. The summed E-state index contributed by atoms with van der Waals surface area (Å²) in [6, 6.07) is 7.07. The second-order valence-corrected chi connectivity index (χ2v) is 8.37. The number of hydrogen-bond acceptors (Lipinski definition) is 10. The molecule has 0 atom stereocenters. The standard InChI is InChI=1S/C24H23F2N5O7/c1-2-36-23(33)13-3-9-16(10-4-13)37-18-12-11-17(31(34)35)20(19(18)26)28-21(32)22-29-30-24(38-22)27-15-7-5-14(25)6-8-15/h5-8,11-13,16H,2-4,9-10H2,1H3,(H,27,30)(H,28,32)/t13-,16-. The molecule has 3 aromatic rings. The second-order valence-electron chi connectivity index (χ2n) is 8.37. The number of aromatic nitrogens is 2. The summed E-state index contributed by atoms with van der Waals surface area (Å²) < 4.78 is 44.3. The molecule has 0 unspecified atom stereocenters. The third-order valence-electron chi connectivity index (χ3n) is 5.82. The summed E-state index contributed by atoms with van der Waals surface area (Å²) in [6.07, 6.45) is 1.46. The average Bonchev–Trinajstić information content (AvgIpc) is 3.37. The summed E-state index contributed by atoms with van der Waals surface area (Å²) in [6.45, 7) is 2.01. The molecule has 2 aromatic carbocycles. The van der Waals surface area contributed by atoms with Gasteiger partial charge in [0.25, 0.3) is 5.69 Å². The smallest absolute Gasteiger partial charge is 0.320 e. The molecule has 200 valence electrons. The van der Waals surface area contributed by atoms with Crippen molar-refractivity contribution in [2.45, 2.75) is 38.7 Å². The molecule has 0 aliphatic heterocycles. The number of nitrogens with one attached hydrogen (secondary N) is 2. The lowest BCUT2D eigenvalue weighted by atomic mass is 9.87. The zero-order valence-electron chi connectivity index (χ0n) is 20.1. The van der Waals surface area contributed by atoms with Crippen molar-refractivity contribution in [3.8, 4) is 5.75 Å². The highest BCUT2D eigenvalue weighted by Crippen LogP contribution is 2.36. The molecule has 38 heavy (non-hydrogen) atoms. The predicted octanol–water partition coefficient (Wildman–Crippen LogP) is 4.75. The maximum absolute atomic E-state index is 15.3. The maximum atomic E-state index is 15.3. The third-order valence-corrected chi connectivity index (χ3v) is 5.82. The first-order valence-corrected chi connectivity index (χ1v) is 11.7. The van der Waals surface area contributed by atoms with Crippen LogP contribution in [0.2, 0.25) is 0 Å². The van der Waals surface area contributed by atoms with Gasteiger partial charge >= 0.3 is 23.8 Å². The number of amides is 1. The lowest BCUT2D eigenvalue weighted by Gasteiger charge is -2.28. The number of benzene rings is 2. The Morgan fingerprint density at radius 3 is 2.47 bits per heavy atom. The Morgan fingerprint density at radius 2 is 1.82 bits per heavy atom. The highest BCUT2D eigenvalue weighted by Gasteiger charge is 2.31. The second kappa shape index (κ2) is 11.6. The largest absolute Gasteiger partial charge is 0.487 e. The van der Waals surface area contributed by atoms with Crippen molar-refractivity contribution >= 4 is 35.0 Å². The number of nitro groups is 1. The van der Waals surface area contributed by atoms with Gasteiger partial charge in [-0.1, -0.05) is 5.10 Å². The van der Waals surface area contributed by atoms with Crippen LogP contribution in [0.25, 0.3) is 0 Å². The van der Waals surface area contributed by atoms with E-state index in [0.717, 1.165) is 12.1 Å². The average molecular weight is 531 g/mol. The lowest BCUT2D eigenvalue weighted by molar-refractivity contribution is -0.384. The van der Waals surface area contributed by atoms with Crippen LogP contribution >= 0.6 is 0 Å². The first-order valence-electron chi connectivity index (χ1n) is 11.7.